The number of hydrogen-bond donors (Lipinski definition) is 2. The molecule has 0 fully saturated rings. The molecular weight excluding hydrogens is 328 g/mol. The Morgan fingerprint density at radius 1 is 0.846 bits per heavy atom. The predicted octanol–water partition coefficient (Wildman–Crippen LogP) is 6.24. The van der Waals surface area contributed by atoms with Gasteiger partial charge < -0.3 is 5.11 Å². The van der Waals surface area contributed by atoms with Crippen LogP contribution in [0.4, 0.5) is 0 Å². The van der Waals surface area contributed by atoms with E-state index >= 15 is 0 Å². The van der Waals surface area contributed by atoms with E-state index in [-0.39, 0.29) is 6.10 Å². The lowest BCUT2D eigenvalue weighted by molar-refractivity contribution is -0.281. The number of hydrogen-bond acceptors (Lipinski definition) is 3. The van der Waals surface area contributed by atoms with Crippen LogP contribution in [0.5, 0.6) is 0 Å². The van der Waals surface area contributed by atoms with Crippen molar-refractivity contribution in [3.05, 3.63) is 60.8 Å². The fourth-order valence-electron chi connectivity index (χ4n) is 2.38. The van der Waals surface area contributed by atoms with Crippen LogP contribution in [0, 0.1) is 0 Å². The minimum Gasteiger partial charge on any atom is -0.478 e. The molecule has 0 amide bonds. The van der Waals surface area contributed by atoms with Crippen molar-refractivity contribution in [1.82, 2.24) is 0 Å². The van der Waals surface area contributed by atoms with Gasteiger partial charge in [0, 0.05) is 6.08 Å². The number of rotatable bonds is 16. The summed E-state index contributed by atoms with van der Waals surface area (Å²) in [5, 5.41) is 17.3. The van der Waals surface area contributed by atoms with Gasteiger partial charge in [-0.2, -0.15) is 0 Å². The van der Waals surface area contributed by atoms with Crippen molar-refractivity contribution in [2.75, 3.05) is 0 Å². The van der Waals surface area contributed by atoms with Gasteiger partial charge in [-0.3, -0.25) is 5.26 Å². The maximum atomic E-state index is 10.2. The van der Waals surface area contributed by atoms with Gasteiger partial charge in [-0.05, 0) is 25.7 Å². The van der Waals surface area contributed by atoms with Gasteiger partial charge in [-0.15, -0.1) is 0 Å². The quantitative estimate of drug-likeness (QED) is 0.112. The molecule has 4 nitrogen and oxygen atoms in total. The van der Waals surface area contributed by atoms with E-state index in [0.717, 1.165) is 51.0 Å². The van der Waals surface area contributed by atoms with Crippen molar-refractivity contribution in [2.45, 2.75) is 70.8 Å². The van der Waals surface area contributed by atoms with Gasteiger partial charge in [0.15, 0.2) is 0 Å². The topological polar surface area (TPSA) is 66.8 Å². The number of unbranched alkanes of at least 4 members (excludes halogenated alkanes) is 5. The van der Waals surface area contributed by atoms with E-state index in [1.807, 2.05) is 30.4 Å². The summed E-state index contributed by atoms with van der Waals surface area (Å²) in [6, 6.07) is 0. The van der Waals surface area contributed by atoms with Crippen LogP contribution in [0.2, 0.25) is 0 Å². The fourth-order valence-corrected chi connectivity index (χ4v) is 2.38. The third-order valence-electron chi connectivity index (χ3n) is 3.83. The van der Waals surface area contributed by atoms with Gasteiger partial charge in [0.05, 0.1) is 6.10 Å². The lowest BCUT2D eigenvalue weighted by atomic mass is 10.0. The highest BCUT2D eigenvalue weighted by molar-refractivity contribution is 5.80. The Labute approximate surface area is 158 Å². The molecule has 0 aliphatic rings. The van der Waals surface area contributed by atoms with E-state index in [2.05, 4.69) is 17.9 Å². The zero-order valence-electron chi connectivity index (χ0n) is 15.9. The molecule has 1 atom stereocenters. The summed E-state index contributed by atoms with van der Waals surface area (Å²) in [4.78, 5) is 14.8. The van der Waals surface area contributed by atoms with E-state index in [0.29, 0.717) is 0 Å². The Bertz CT molecular complexity index is 473. The molecule has 2 N–H and O–H groups in total. The van der Waals surface area contributed by atoms with Crippen LogP contribution >= 0.6 is 0 Å². The van der Waals surface area contributed by atoms with E-state index in [9.17, 15) is 4.79 Å². The molecule has 0 radical (unpaired) electrons. The smallest absolute Gasteiger partial charge is 0.328 e. The first-order valence-electron chi connectivity index (χ1n) is 9.57. The monoisotopic (exact) mass is 362 g/mol. The summed E-state index contributed by atoms with van der Waals surface area (Å²) >= 11 is 0. The predicted molar refractivity (Wildman–Crippen MR) is 108 cm³/mol. The second kappa shape index (κ2) is 19.4. The van der Waals surface area contributed by atoms with Crippen LogP contribution in [0.25, 0.3) is 0 Å². The molecule has 0 saturated carbocycles. The Hall–Kier alpha value is -1.91. The summed E-state index contributed by atoms with van der Waals surface area (Å²) in [6.45, 7) is 2.17. The van der Waals surface area contributed by atoms with Crippen LogP contribution in [-0.4, -0.2) is 22.4 Å². The maximum Gasteiger partial charge on any atom is 0.328 e. The SMILES string of the molecule is CCCCCC(CCCCC\C=C/C=C\C=C\C=CC=CC(=O)O)OO. The van der Waals surface area contributed by atoms with Crippen molar-refractivity contribution in [2.24, 2.45) is 0 Å². The van der Waals surface area contributed by atoms with E-state index in [4.69, 9.17) is 10.4 Å². The highest BCUT2D eigenvalue weighted by Crippen LogP contribution is 2.14. The summed E-state index contributed by atoms with van der Waals surface area (Å²) in [6.07, 6.45) is 27.7. The van der Waals surface area contributed by atoms with Crippen LogP contribution in [-0.2, 0) is 9.68 Å². The van der Waals surface area contributed by atoms with Crippen molar-refractivity contribution in [1.29, 1.82) is 0 Å². The van der Waals surface area contributed by atoms with Crippen LogP contribution in [0.15, 0.2) is 60.8 Å². The molecule has 4 heteroatoms. The van der Waals surface area contributed by atoms with Crippen LogP contribution < -0.4 is 0 Å². The molecule has 0 aromatic carbocycles. The minimum absolute atomic E-state index is 0.000445. The molecule has 1 unspecified atom stereocenters. The Morgan fingerprint density at radius 3 is 2.00 bits per heavy atom. The standard InChI is InChI=1S/C22H34O4/c1-2-3-15-18-21(26-25)19-16-13-11-9-7-5-4-6-8-10-12-14-17-20-22(23)24/h4-8,10,12,14,17,20-21,25H,2-3,9,11,13,15-16,18-19H2,1H3,(H,23,24)/b6-4-,7-5-,10-8+,14-12?,20-17?. The Morgan fingerprint density at radius 2 is 1.42 bits per heavy atom. The molecule has 0 heterocycles. The lowest BCUT2D eigenvalue weighted by Gasteiger charge is -2.12. The van der Waals surface area contributed by atoms with E-state index < -0.39 is 5.97 Å². The van der Waals surface area contributed by atoms with Crippen LogP contribution in [0.3, 0.4) is 0 Å². The zero-order valence-corrected chi connectivity index (χ0v) is 15.9. The first-order chi connectivity index (χ1) is 12.7. The van der Waals surface area contributed by atoms with Gasteiger partial charge in [0.2, 0.25) is 0 Å². The highest BCUT2D eigenvalue weighted by atomic mass is 17.1. The molecule has 0 saturated heterocycles. The van der Waals surface area contributed by atoms with Crippen LogP contribution in [0.1, 0.15) is 64.7 Å². The summed E-state index contributed by atoms with van der Waals surface area (Å²) in [5.41, 5.74) is 0. The number of carbonyl (C=O) groups is 1. The van der Waals surface area contributed by atoms with Gasteiger partial charge in [0.1, 0.15) is 0 Å². The lowest BCUT2D eigenvalue weighted by Crippen LogP contribution is -2.10. The highest BCUT2D eigenvalue weighted by Gasteiger charge is 2.07. The van der Waals surface area contributed by atoms with Crippen molar-refractivity contribution in [3.63, 3.8) is 0 Å². The second-order valence-corrected chi connectivity index (χ2v) is 6.14. The molecule has 0 rings (SSSR count). The number of aliphatic carboxylic acids is 1. The van der Waals surface area contributed by atoms with Crippen molar-refractivity contribution in [3.8, 4) is 0 Å². The average molecular weight is 363 g/mol. The molecule has 146 valence electrons. The largest absolute Gasteiger partial charge is 0.478 e. The zero-order chi connectivity index (χ0) is 19.3. The minimum atomic E-state index is -0.947. The van der Waals surface area contributed by atoms with Gasteiger partial charge in [-0.25, -0.2) is 9.68 Å². The second-order valence-electron chi connectivity index (χ2n) is 6.14. The van der Waals surface area contributed by atoms with E-state index in [1.54, 1.807) is 12.2 Å². The molecule has 0 aliphatic heterocycles. The van der Waals surface area contributed by atoms with E-state index in [1.165, 1.54) is 18.9 Å². The number of carboxylic acid groups (broad SMARTS) is 1. The van der Waals surface area contributed by atoms with Crippen molar-refractivity contribution >= 4 is 5.97 Å². The maximum absolute atomic E-state index is 10.2. The van der Waals surface area contributed by atoms with Gasteiger partial charge in [0.25, 0.3) is 0 Å². The van der Waals surface area contributed by atoms with Crippen molar-refractivity contribution < 1.29 is 20.0 Å². The average Bonchev–Trinajstić information content (AvgIpc) is 2.63. The molecule has 0 aromatic heterocycles. The third kappa shape index (κ3) is 18.4. The van der Waals surface area contributed by atoms with Gasteiger partial charge in [-0.1, -0.05) is 93.7 Å². The molecule has 0 aromatic rings. The van der Waals surface area contributed by atoms with Gasteiger partial charge >= 0.3 is 5.97 Å². The fraction of sp³-hybridized carbons (Fsp3) is 0.500. The number of carboxylic acids is 1. The summed E-state index contributed by atoms with van der Waals surface area (Å²) < 4.78 is 0. The molecule has 0 aliphatic carbocycles. The molecule has 26 heavy (non-hydrogen) atoms. The summed E-state index contributed by atoms with van der Waals surface area (Å²) in [5.74, 6) is -0.947. The summed E-state index contributed by atoms with van der Waals surface area (Å²) in [7, 11) is 0. The Kier molecular flexibility index (Phi) is 18.0. The number of allylic oxidation sites excluding steroid dienone is 9. The molecule has 0 bridgehead atoms. The normalized spacial score (nSPS) is 13.9. The first kappa shape index (κ1) is 24.1. The molecular formula is C22H34O4. The first-order valence-corrected chi connectivity index (χ1v) is 9.57. The Balaban J connectivity index is 3.64. The third-order valence-corrected chi connectivity index (χ3v) is 3.83. The molecule has 0 spiro atoms.